The van der Waals surface area contributed by atoms with E-state index in [-0.39, 0.29) is 0 Å². The summed E-state index contributed by atoms with van der Waals surface area (Å²) in [6.07, 6.45) is 6.73. The predicted octanol–water partition coefficient (Wildman–Crippen LogP) is 3.57. The lowest BCUT2D eigenvalue weighted by Gasteiger charge is -2.28. The molecule has 1 aliphatic rings. The number of carbonyl (C=O) groups excluding carboxylic acids is 1. The number of benzene rings is 2. The van der Waals surface area contributed by atoms with Gasteiger partial charge >= 0.3 is 0 Å². The number of hydroxylamine groups is 1. The van der Waals surface area contributed by atoms with Crippen molar-refractivity contribution in [3.8, 4) is 11.3 Å². The van der Waals surface area contributed by atoms with Gasteiger partial charge in [0.2, 0.25) is 0 Å². The summed E-state index contributed by atoms with van der Waals surface area (Å²) in [6, 6.07) is 15.6. The number of nitrogens with zero attached hydrogens (tertiary/aromatic N) is 3. The summed E-state index contributed by atoms with van der Waals surface area (Å²) in [6.45, 7) is 0.757. The molecular formula is C21H22N4O2. The molecule has 1 heterocycles. The predicted molar refractivity (Wildman–Crippen MR) is 101 cm³/mol. The van der Waals surface area contributed by atoms with Crippen LogP contribution in [0.15, 0.2) is 54.7 Å². The number of aryl methyl sites for hydroxylation is 2. The average molecular weight is 362 g/mol. The molecule has 1 aromatic heterocycles. The first-order chi connectivity index (χ1) is 13.2. The molecule has 6 heteroatoms. The van der Waals surface area contributed by atoms with Crippen LogP contribution in [0.5, 0.6) is 0 Å². The monoisotopic (exact) mass is 362 g/mol. The molecule has 27 heavy (non-hydrogen) atoms. The first-order valence-corrected chi connectivity index (χ1v) is 9.27. The molecule has 2 N–H and O–H groups in total. The Kier molecular flexibility index (Phi) is 4.98. The minimum Gasteiger partial charge on any atom is -0.288 e. The molecular weight excluding hydrogens is 340 g/mol. The van der Waals surface area contributed by atoms with E-state index in [0.29, 0.717) is 17.2 Å². The third-order valence-electron chi connectivity index (χ3n) is 5.27. The summed E-state index contributed by atoms with van der Waals surface area (Å²) in [5.74, 6) is 0.171. The lowest BCUT2D eigenvalue weighted by molar-refractivity contribution is 0.0706. The van der Waals surface area contributed by atoms with E-state index in [1.54, 1.807) is 23.7 Å². The Labute approximate surface area is 157 Å². The zero-order valence-electron chi connectivity index (χ0n) is 15.0. The number of hydrogen-bond acceptors (Lipinski definition) is 4. The summed E-state index contributed by atoms with van der Waals surface area (Å²) in [7, 11) is 0. The van der Waals surface area contributed by atoms with Crippen LogP contribution in [0, 0.1) is 0 Å². The zero-order valence-corrected chi connectivity index (χ0v) is 15.0. The van der Waals surface area contributed by atoms with Gasteiger partial charge < -0.3 is 0 Å². The number of aromatic nitrogens is 3. The molecule has 1 saturated carbocycles. The highest BCUT2D eigenvalue weighted by Gasteiger charge is 2.21. The maximum absolute atomic E-state index is 11.6. The second-order valence-corrected chi connectivity index (χ2v) is 6.97. The van der Waals surface area contributed by atoms with E-state index >= 15 is 0 Å². The summed E-state index contributed by atoms with van der Waals surface area (Å²) >= 11 is 0. The van der Waals surface area contributed by atoms with E-state index in [4.69, 9.17) is 5.21 Å². The molecule has 0 aliphatic heterocycles. The number of hydrogen-bond donors (Lipinski definition) is 2. The first-order valence-electron chi connectivity index (χ1n) is 9.27. The molecule has 4 rings (SSSR count). The topological polar surface area (TPSA) is 80.0 Å². The third-order valence-corrected chi connectivity index (χ3v) is 5.27. The molecule has 138 valence electrons. The summed E-state index contributed by atoms with van der Waals surface area (Å²) < 4.78 is 1.84. The van der Waals surface area contributed by atoms with Crippen LogP contribution in [0.25, 0.3) is 11.3 Å². The van der Waals surface area contributed by atoms with Crippen LogP contribution >= 0.6 is 0 Å². The van der Waals surface area contributed by atoms with Gasteiger partial charge in [-0.2, -0.15) is 0 Å². The Hall–Kier alpha value is -2.99. The molecule has 1 fully saturated rings. The van der Waals surface area contributed by atoms with Gasteiger partial charge in [0, 0.05) is 17.7 Å². The van der Waals surface area contributed by atoms with Gasteiger partial charge in [-0.25, -0.2) is 5.48 Å². The molecule has 2 aromatic carbocycles. The van der Waals surface area contributed by atoms with Gasteiger partial charge in [0.15, 0.2) is 0 Å². The smallest absolute Gasteiger partial charge is 0.274 e. The fourth-order valence-electron chi connectivity index (χ4n) is 3.54. The second kappa shape index (κ2) is 7.72. The van der Waals surface area contributed by atoms with Crippen molar-refractivity contribution in [1.29, 1.82) is 0 Å². The zero-order chi connectivity index (χ0) is 18.6. The number of rotatable bonds is 6. The fraction of sp³-hybridized carbons (Fsp3) is 0.286. The van der Waals surface area contributed by atoms with Gasteiger partial charge in [-0.05, 0) is 48.4 Å². The van der Waals surface area contributed by atoms with Gasteiger partial charge in [0.05, 0.1) is 6.20 Å². The minimum absolute atomic E-state index is 0.374. The van der Waals surface area contributed by atoms with Crippen molar-refractivity contribution in [3.63, 3.8) is 0 Å². The van der Waals surface area contributed by atoms with Gasteiger partial charge in [-0.15, -0.1) is 5.10 Å². The van der Waals surface area contributed by atoms with Crippen LogP contribution in [0.2, 0.25) is 0 Å². The van der Waals surface area contributed by atoms with Crippen molar-refractivity contribution >= 4 is 5.91 Å². The number of nitrogens with one attached hydrogen (secondary N) is 1. The highest BCUT2D eigenvalue weighted by atomic mass is 16.5. The lowest BCUT2D eigenvalue weighted by Crippen LogP contribution is -2.18. The summed E-state index contributed by atoms with van der Waals surface area (Å²) in [5.41, 5.74) is 6.38. The highest BCUT2D eigenvalue weighted by molar-refractivity contribution is 5.94. The van der Waals surface area contributed by atoms with Gasteiger partial charge in [0.25, 0.3) is 5.91 Å². The van der Waals surface area contributed by atoms with Crippen molar-refractivity contribution in [2.75, 3.05) is 0 Å². The van der Waals surface area contributed by atoms with Crippen LogP contribution in [-0.4, -0.2) is 26.1 Å². The lowest BCUT2D eigenvalue weighted by atomic mass is 9.78. The molecule has 0 bridgehead atoms. The van der Waals surface area contributed by atoms with Gasteiger partial charge in [-0.3, -0.25) is 14.7 Å². The Morgan fingerprint density at radius 2 is 2.04 bits per heavy atom. The van der Waals surface area contributed by atoms with E-state index in [1.165, 1.54) is 30.4 Å². The highest BCUT2D eigenvalue weighted by Crippen LogP contribution is 2.38. The van der Waals surface area contributed by atoms with Crippen LogP contribution in [0.1, 0.15) is 46.7 Å². The molecule has 0 atom stereocenters. The molecule has 0 spiro atoms. The van der Waals surface area contributed by atoms with Crippen LogP contribution in [-0.2, 0) is 13.0 Å². The summed E-state index contributed by atoms with van der Waals surface area (Å²) in [4.78, 5) is 11.6. The maximum Gasteiger partial charge on any atom is 0.274 e. The van der Waals surface area contributed by atoms with E-state index in [1.807, 2.05) is 16.9 Å². The third kappa shape index (κ3) is 3.75. The molecule has 0 unspecified atom stereocenters. The molecule has 1 amide bonds. The Morgan fingerprint density at radius 3 is 2.81 bits per heavy atom. The van der Waals surface area contributed by atoms with Crippen molar-refractivity contribution < 1.29 is 10.0 Å². The standard InChI is InChI=1S/C21H22N4O2/c26-21(23-27)18-9-4-8-17(13-18)20-14-25(24-22-20)12-11-16-5-1-2-10-19(16)15-6-3-7-15/h1-2,4-5,8-10,13-15,27H,3,6-7,11-12H2,(H,23,26). The van der Waals surface area contributed by atoms with E-state index < -0.39 is 5.91 Å². The van der Waals surface area contributed by atoms with Gasteiger partial charge in [0.1, 0.15) is 5.69 Å². The fourth-order valence-corrected chi connectivity index (χ4v) is 3.54. The van der Waals surface area contributed by atoms with Crippen LogP contribution < -0.4 is 5.48 Å². The maximum atomic E-state index is 11.6. The van der Waals surface area contributed by atoms with Crippen molar-refractivity contribution in [2.45, 2.75) is 38.1 Å². The second-order valence-electron chi connectivity index (χ2n) is 6.97. The van der Waals surface area contributed by atoms with Gasteiger partial charge in [-0.1, -0.05) is 48.0 Å². The molecule has 0 radical (unpaired) electrons. The minimum atomic E-state index is -0.545. The molecule has 3 aromatic rings. The van der Waals surface area contributed by atoms with E-state index in [2.05, 4.69) is 34.6 Å². The summed E-state index contributed by atoms with van der Waals surface area (Å²) in [5, 5.41) is 17.2. The van der Waals surface area contributed by atoms with Crippen LogP contribution in [0.3, 0.4) is 0 Å². The number of amides is 1. The normalized spacial score (nSPS) is 14.0. The average Bonchev–Trinajstić information content (AvgIpc) is 3.14. The van der Waals surface area contributed by atoms with Crippen molar-refractivity contribution in [3.05, 3.63) is 71.4 Å². The Morgan fingerprint density at radius 1 is 1.19 bits per heavy atom. The first kappa shape index (κ1) is 17.4. The Bertz CT molecular complexity index is 947. The SMILES string of the molecule is O=C(NO)c1cccc(-c2cn(CCc3ccccc3C3CCC3)nn2)c1. The van der Waals surface area contributed by atoms with Crippen LogP contribution in [0.4, 0.5) is 0 Å². The van der Waals surface area contributed by atoms with Crippen molar-refractivity contribution in [1.82, 2.24) is 20.5 Å². The Balaban J connectivity index is 1.47. The quantitative estimate of drug-likeness (QED) is 0.519. The van der Waals surface area contributed by atoms with E-state index in [0.717, 1.165) is 18.5 Å². The molecule has 0 saturated heterocycles. The molecule has 6 nitrogen and oxygen atoms in total. The largest absolute Gasteiger partial charge is 0.288 e. The molecule has 1 aliphatic carbocycles. The van der Waals surface area contributed by atoms with E-state index in [9.17, 15) is 4.79 Å². The number of carbonyl (C=O) groups is 1. The van der Waals surface area contributed by atoms with Crippen molar-refractivity contribution in [2.24, 2.45) is 0 Å².